The average molecular weight is 330 g/mol. The van der Waals surface area contributed by atoms with Crippen LogP contribution in [-0.4, -0.2) is 36.0 Å². The fraction of sp³-hybridized carbons (Fsp3) is 0.294. The Kier molecular flexibility index (Phi) is 4.45. The van der Waals surface area contributed by atoms with Gasteiger partial charge in [-0.3, -0.25) is 9.59 Å². The van der Waals surface area contributed by atoms with Crippen LogP contribution in [0.15, 0.2) is 41.8 Å². The van der Waals surface area contributed by atoms with E-state index in [9.17, 15) is 9.59 Å². The number of hydrogen-bond donors (Lipinski definition) is 1. The highest BCUT2D eigenvalue weighted by atomic mass is 32.1. The van der Waals surface area contributed by atoms with Gasteiger partial charge in [-0.25, -0.2) is 0 Å². The lowest BCUT2D eigenvalue weighted by Crippen LogP contribution is -2.46. The summed E-state index contributed by atoms with van der Waals surface area (Å²) in [4.78, 5) is 26.5. The van der Waals surface area contributed by atoms with Gasteiger partial charge in [0.05, 0.1) is 29.2 Å². The van der Waals surface area contributed by atoms with Crippen molar-refractivity contribution in [3.63, 3.8) is 0 Å². The maximum atomic E-state index is 12.9. The Morgan fingerprint density at radius 3 is 2.70 bits per heavy atom. The topological polar surface area (TPSA) is 72.6 Å². The van der Waals surface area contributed by atoms with Crippen LogP contribution in [-0.2, 0) is 4.74 Å². The predicted octanol–water partition coefficient (Wildman–Crippen LogP) is 2.45. The molecule has 0 saturated carbocycles. The summed E-state index contributed by atoms with van der Waals surface area (Å²) in [6.07, 6.45) is -0.0190. The molecule has 1 aromatic carbocycles. The van der Waals surface area contributed by atoms with Gasteiger partial charge in [0.25, 0.3) is 5.91 Å². The van der Waals surface area contributed by atoms with Crippen molar-refractivity contribution in [2.45, 2.75) is 19.1 Å². The van der Waals surface area contributed by atoms with Gasteiger partial charge in [-0.2, -0.15) is 0 Å². The zero-order valence-corrected chi connectivity index (χ0v) is 13.6. The maximum Gasteiger partial charge on any atom is 0.264 e. The molecule has 120 valence electrons. The lowest BCUT2D eigenvalue weighted by Gasteiger charge is -2.38. The molecule has 23 heavy (non-hydrogen) atoms. The molecule has 0 bridgehead atoms. The molecule has 1 saturated heterocycles. The van der Waals surface area contributed by atoms with Crippen LogP contribution >= 0.6 is 11.3 Å². The van der Waals surface area contributed by atoms with Gasteiger partial charge in [0.1, 0.15) is 0 Å². The Morgan fingerprint density at radius 1 is 1.30 bits per heavy atom. The quantitative estimate of drug-likeness (QED) is 0.939. The summed E-state index contributed by atoms with van der Waals surface area (Å²) < 4.78 is 5.74. The van der Waals surface area contributed by atoms with Gasteiger partial charge >= 0.3 is 0 Å². The number of ether oxygens (including phenoxy) is 1. The molecular formula is C17H18N2O3S. The zero-order chi connectivity index (χ0) is 16.4. The Bertz CT molecular complexity index is 714. The first kappa shape index (κ1) is 15.7. The second kappa shape index (κ2) is 6.52. The third-order valence-electron chi connectivity index (χ3n) is 3.91. The third-order valence-corrected chi connectivity index (χ3v) is 4.83. The first-order valence-corrected chi connectivity index (χ1v) is 8.30. The van der Waals surface area contributed by atoms with E-state index in [1.165, 1.54) is 11.3 Å². The molecule has 1 aliphatic heterocycles. The Hall–Kier alpha value is -2.18. The van der Waals surface area contributed by atoms with Gasteiger partial charge in [-0.15, -0.1) is 11.3 Å². The summed E-state index contributed by atoms with van der Waals surface area (Å²) in [5.41, 5.74) is 6.68. The molecule has 1 fully saturated rings. The van der Waals surface area contributed by atoms with Crippen LogP contribution in [0.4, 0.5) is 0 Å². The molecule has 5 nitrogen and oxygen atoms in total. The highest BCUT2D eigenvalue weighted by molar-refractivity contribution is 7.12. The SMILES string of the molecule is C[C@@H]1CN(C(=O)c2cc(C(N)=O)cs2)[C@@H](c2ccccc2)CO1. The van der Waals surface area contributed by atoms with Gasteiger partial charge in [-0.1, -0.05) is 30.3 Å². The first-order chi connectivity index (χ1) is 11.1. The van der Waals surface area contributed by atoms with Gasteiger partial charge in [0.2, 0.25) is 5.91 Å². The molecule has 2 N–H and O–H groups in total. The second-order valence-corrected chi connectivity index (χ2v) is 6.50. The molecule has 3 rings (SSSR count). The zero-order valence-electron chi connectivity index (χ0n) is 12.8. The molecule has 1 aliphatic rings. The number of primary amides is 1. The predicted molar refractivity (Wildman–Crippen MR) is 88.5 cm³/mol. The molecule has 0 aliphatic carbocycles. The Balaban J connectivity index is 1.89. The monoisotopic (exact) mass is 330 g/mol. The molecule has 2 atom stereocenters. The van der Waals surface area contributed by atoms with Crippen molar-refractivity contribution in [1.29, 1.82) is 0 Å². The molecule has 2 amide bonds. The van der Waals surface area contributed by atoms with E-state index in [2.05, 4.69) is 0 Å². The van der Waals surface area contributed by atoms with Gasteiger partial charge in [-0.05, 0) is 18.6 Å². The van der Waals surface area contributed by atoms with Crippen molar-refractivity contribution in [2.24, 2.45) is 5.73 Å². The van der Waals surface area contributed by atoms with Crippen LogP contribution in [0.2, 0.25) is 0 Å². The van der Waals surface area contributed by atoms with Crippen LogP contribution in [0.3, 0.4) is 0 Å². The second-order valence-electron chi connectivity index (χ2n) is 5.59. The minimum absolute atomic E-state index is 0.0190. The number of thiophene rings is 1. The summed E-state index contributed by atoms with van der Waals surface area (Å²) in [5, 5.41) is 1.62. The number of carbonyl (C=O) groups is 2. The Morgan fingerprint density at radius 2 is 2.04 bits per heavy atom. The number of nitrogens with two attached hydrogens (primary N) is 1. The van der Waals surface area contributed by atoms with Crippen LogP contribution < -0.4 is 5.73 Å². The van der Waals surface area contributed by atoms with Gasteiger partial charge in [0.15, 0.2) is 0 Å². The smallest absolute Gasteiger partial charge is 0.264 e. The van der Waals surface area contributed by atoms with Crippen LogP contribution in [0.5, 0.6) is 0 Å². The van der Waals surface area contributed by atoms with Crippen molar-refractivity contribution in [3.05, 3.63) is 57.8 Å². The van der Waals surface area contributed by atoms with Crippen molar-refractivity contribution in [1.82, 2.24) is 4.90 Å². The van der Waals surface area contributed by atoms with E-state index in [4.69, 9.17) is 10.5 Å². The molecule has 2 heterocycles. The Labute approximate surface area is 138 Å². The minimum Gasteiger partial charge on any atom is -0.374 e. The summed E-state index contributed by atoms with van der Waals surface area (Å²) in [6, 6.07) is 11.3. The molecule has 6 heteroatoms. The fourth-order valence-corrected chi connectivity index (χ4v) is 3.55. The lowest BCUT2D eigenvalue weighted by molar-refractivity contribution is -0.0446. The first-order valence-electron chi connectivity index (χ1n) is 7.42. The molecule has 0 spiro atoms. The number of rotatable bonds is 3. The van der Waals surface area contributed by atoms with E-state index in [1.807, 2.05) is 42.2 Å². The fourth-order valence-electron chi connectivity index (χ4n) is 2.70. The van der Waals surface area contributed by atoms with Crippen LogP contribution in [0.25, 0.3) is 0 Å². The number of nitrogens with zero attached hydrogens (tertiary/aromatic N) is 1. The summed E-state index contributed by atoms with van der Waals surface area (Å²) in [5.74, 6) is -0.609. The van der Waals surface area contributed by atoms with Crippen molar-refractivity contribution >= 4 is 23.2 Å². The third kappa shape index (κ3) is 3.28. The largest absolute Gasteiger partial charge is 0.374 e. The van der Waals surface area contributed by atoms with Gasteiger partial charge < -0.3 is 15.4 Å². The van der Waals surface area contributed by atoms with E-state index in [-0.39, 0.29) is 18.1 Å². The summed E-state index contributed by atoms with van der Waals surface area (Å²) in [6.45, 7) is 2.93. The van der Waals surface area contributed by atoms with Crippen LogP contribution in [0, 0.1) is 0 Å². The average Bonchev–Trinajstić information content (AvgIpc) is 3.05. The van der Waals surface area contributed by atoms with Crippen molar-refractivity contribution in [3.8, 4) is 0 Å². The highest BCUT2D eigenvalue weighted by Gasteiger charge is 2.32. The summed E-state index contributed by atoms with van der Waals surface area (Å²) in [7, 11) is 0. The number of benzene rings is 1. The molecule has 1 aromatic heterocycles. The molecule has 0 radical (unpaired) electrons. The van der Waals surface area contributed by atoms with E-state index in [0.717, 1.165) is 5.56 Å². The molecular weight excluding hydrogens is 312 g/mol. The van der Waals surface area contributed by atoms with Crippen molar-refractivity contribution < 1.29 is 14.3 Å². The normalized spacial score (nSPS) is 21.2. The standard InChI is InChI=1S/C17H18N2O3S/c1-11-8-19(14(9-22-11)12-5-3-2-4-6-12)17(21)15-7-13(10-23-15)16(18)20/h2-7,10-11,14H,8-9H2,1H3,(H2,18,20)/t11-,14-/m1/s1. The molecule has 2 aromatic rings. The van der Waals surface area contributed by atoms with Crippen molar-refractivity contribution in [2.75, 3.05) is 13.2 Å². The highest BCUT2D eigenvalue weighted by Crippen LogP contribution is 2.29. The van der Waals surface area contributed by atoms with E-state index in [1.54, 1.807) is 11.4 Å². The number of carbonyl (C=O) groups excluding carboxylic acids is 2. The van der Waals surface area contributed by atoms with Gasteiger partial charge in [0, 0.05) is 11.9 Å². The van der Waals surface area contributed by atoms with E-state index < -0.39 is 5.91 Å². The molecule has 0 unspecified atom stereocenters. The number of morpholine rings is 1. The minimum atomic E-state index is -0.518. The lowest BCUT2D eigenvalue weighted by atomic mass is 10.0. The number of hydrogen-bond acceptors (Lipinski definition) is 4. The number of amides is 2. The van der Waals surface area contributed by atoms with E-state index in [0.29, 0.717) is 23.6 Å². The maximum absolute atomic E-state index is 12.9. The van der Waals surface area contributed by atoms with Crippen LogP contribution in [0.1, 0.15) is 38.6 Å². The van der Waals surface area contributed by atoms with E-state index >= 15 is 0 Å². The summed E-state index contributed by atoms with van der Waals surface area (Å²) >= 11 is 1.25.